The van der Waals surface area contributed by atoms with E-state index in [0.29, 0.717) is 11.3 Å². The van der Waals surface area contributed by atoms with Gasteiger partial charge in [0.2, 0.25) is 5.91 Å². The summed E-state index contributed by atoms with van der Waals surface area (Å²) in [5.41, 5.74) is -0.587. The monoisotopic (exact) mass is 389 g/mol. The fourth-order valence-corrected chi connectivity index (χ4v) is 2.01. The number of nitrogens with one attached hydrogen (secondary N) is 2. The molecule has 8 nitrogen and oxygen atoms in total. The van der Waals surface area contributed by atoms with E-state index in [1.165, 1.54) is 24.3 Å². The van der Waals surface area contributed by atoms with Gasteiger partial charge in [0.15, 0.2) is 0 Å². The maximum atomic E-state index is 12.4. The summed E-state index contributed by atoms with van der Waals surface area (Å²) in [5, 5.41) is 13.9. The number of ether oxygens (including phenoxy) is 2. The summed E-state index contributed by atoms with van der Waals surface area (Å²) in [4.78, 5) is 36.3. The predicted octanol–water partition coefficient (Wildman–Crippen LogP) is 3.39. The molecule has 1 unspecified atom stereocenters. The van der Waals surface area contributed by atoms with E-state index in [1.54, 1.807) is 41.5 Å². The predicted molar refractivity (Wildman–Crippen MR) is 104 cm³/mol. The molecule has 1 atom stereocenters. The summed E-state index contributed by atoms with van der Waals surface area (Å²) in [7, 11) is 0. The minimum absolute atomic E-state index is 0.221. The average molecular weight is 389 g/mol. The topological polar surface area (TPSA) is 118 Å². The van der Waals surface area contributed by atoms with E-state index in [9.17, 15) is 14.4 Å². The summed E-state index contributed by atoms with van der Waals surface area (Å²) in [6.07, 6.45) is -1.01. The van der Waals surface area contributed by atoms with Crippen LogP contribution in [0.2, 0.25) is 0 Å². The van der Waals surface area contributed by atoms with Gasteiger partial charge >= 0.3 is 12.1 Å². The average Bonchev–Trinajstić information content (AvgIpc) is 2.51. The van der Waals surface area contributed by atoms with E-state index < -0.39 is 35.2 Å². The lowest BCUT2D eigenvalue weighted by atomic mass is 10.1. The lowest BCUT2D eigenvalue weighted by Crippen LogP contribution is -2.45. The smallest absolute Gasteiger partial charge is 0.408 e. The molecule has 1 rings (SSSR count). The summed E-state index contributed by atoms with van der Waals surface area (Å²) >= 11 is 0. The van der Waals surface area contributed by atoms with Gasteiger partial charge in [-0.05, 0) is 65.8 Å². The highest BCUT2D eigenvalue weighted by Crippen LogP contribution is 2.15. The maximum Gasteiger partial charge on any atom is 0.408 e. The van der Waals surface area contributed by atoms with Crippen molar-refractivity contribution < 1.29 is 23.9 Å². The van der Waals surface area contributed by atoms with Crippen LogP contribution >= 0.6 is 0 Å². The van der Waals surface area contributed by atoms with Crippen LogP contribution in [0.25, 0.3) is 0 Å². The van der Waals surface area contributed by atoms with Crippen LogP contribution in [0.3, 0.4) is 0 Å². The molecule has 0 aromatic heterocycles. The van der Waals surface area contributed by atoms with Crippen LogP contribution in [0.5, 0.6) is 0 Å². The third-order valence-corrected chi connectivity index (χ3v) is 3.09. The molecule has 0 radical (unpaired) electrons. The number of anilines is 1. The second-order valence-electron chi connectivity index (χ2n) is 8.13. The first kappa shape index (κ1) is 23.0. The van der Waals surface area contributed by atoms with Crippen LogP contribution in [0, 0.1) is 11.3 Å². The summed E-state index contributed by atoms with van der Waals surface area (Å²) in [5.74, 6) is -1.04. The highest BCUT2D eigenvalue weighted by molar-refractivity contribution is 5.97. The number of esters is 1. The van der Waals surface area contributed by atoms with Crippen LogP contribution in [0.15, 0.2) is 24.3 Å². The summed E-state index contributed by atoms with van der Waals surface area (Å²) < 4.78 is 10.4. The van der Waals surface area contributed by atoms with Crippen LogP contribution in [0.4, 0.5) is 10.5 Å². The molecule has 0 saturated heterocycles. The van der Waals surface area contributed by atoms with Gasteiger partial charge in [0.25, 0.3) is 0 Å². The Morgan fingerprint density at radius 3 is 2.00 bits per heavy atom. The fraction of sp³-hybridized carbons (Fsp3) is 0.500. The molecule has 1 aromatic rings. The third kappa shape index (κ3) is 8.54. The van der Waals surface area contributed by atoms with E-state index in [4.69, 9.17) is 14.7 Å². The van der Waals surface area contributed by atoms with Crippen molar-refractivity contribution in [2.45, 2.75) is 65.2 Å². The molecule has 2 amide bonds. The van der Waals surface area contributed by atoms with E-state index in [0.717, 1.165) is 0 Å². The van der Waals surface area contributed by atoms with Crippen LogP contribution < -0.4 is 10.6 Å². The van der Waals surface area contributed by atoms with E-state index in [1.807, 2.05) is 6.07 Å². The molecule has 0 aliphatic rings. The lowest BCUT2D eigenvalue weighted by molar-refractivity contribution is -0.118. The number of nitriles is 1. The molecular formula is C20H27N3O5. The molecule has 0 heterocycles. The zero-order chi connectivity index (χ0) is 21.5. The first-order valence-corrected chi connectivity index (χ1v) is 8.81. The number of carbonyl (C=O) groups excluding carboxylic acids is 3. The molecule has 152 valence electrons. The zero-order valence-corrected chi connectivity index (χ0v) is 17.1. The quantitative estimate of drug-likeness (QED) is 0.746. The number of rotatable bonds is 5. The molecule has 0 aliphatic heterocycles. The van der Waals surface area contributed by atoms with Crippen molar-refractivity contribution in [3.05, 3.63) is 29.8 Å². The first-order chi connectivity index (χ1) is 12.8. The highest BCUT2D eigenvalue weighted by atomic mass is 16.6. The Morgan fingerprint density at radius 1 is 1.00 bits per heavy atom. The Morgan fingerprint density at radius 2 is 1.54 bits per heavy atom. The van der Waals surface area contributed by atoms with Crippen LogP contribution in [-0.4, -0.2) is 35.2 Å². The van der Waals surface area contributed by atoms with E-state index in [2.05, 4.69) is 10.6 Å². The number of benzene rings is 1. The van der Waals surface area contributed by atoms with E-state index >= 15 is 0 Å². The standard InChI is InChI=1S/C20H27N3O5/c1-19(2,3)27-17(25)13-7-9-14(10-8-13)22-16(24)15(11-12-21)23-18(26)28-20(4,5)6/h7-10,15H,11H2,1-6H3,(H,22,24)(H,23,26). The third-order valence-electron chi connectivity index (χ3n) is 3.09. The summed E-state index contributed by atoms with van der Waals surface area (Å²) in [6, 6.07) is 6.89. The second-order valence-corrected chi connectivity index (χ2v) is 8.13. The SMILES string of the molecule is CC(C)(C)OC(=O)NC(CC#N)C(=O)Nc1ccc(C(=O)OC(C)(C)C)cc1. The maximum absolute atomic E-state index is 12.4. The van der Waals surface area contributed by atoms with Gasteiger partial charge < -0.3 is 20.1 Å². The minimum atomic E-state index is -1.08. The number of amides is 2. The van der Waals surface area contributed by atoms with Crippen LogP contribution in [-0.2, 0) is 14.3 Å². The Balaban J connectivity index is 2.76. The van der Waals surface area contributed by atoms with Gasteiger partial charge in [0.1, 0.15) is 17.2 Å². The first-order valence-electron chi connectivity index (χ1n) is 8.81. The molecule has 0 saturated carbocycles. The summed E-state index contributed by atoms with van der Waals surface area (Å²) in [6.45, 7) is 10.4. The largest absolute Gasteiger partial charge is 0.456 e. The number of nitrogens with zero attached hydrogens (tertiary/aromatic N) is 1. The van der Waals surface area contributed by atoms with Gasteiger partial charge in [-0.2, -0.15) is 5.26 Å². The van der Waals surface area contributed by atoms with Gasteiger partial charge in [0.05, 0.1) is 18.1 Å². The molecule has 1 aromatic carbocycles. The minimum Gasteiger partial charge on any atom is -0.456 e. The van der Waals surface area contributed by atoms with Crippen molar-refractivity contribution in [1.29, 1.82) is 5.26 Å². The normalized spacial score (nSPS) is 12.3. The molecule has 2 N–H and O–H groups in total. The highest BCUT2D eigenvalue weighted by Gasteiger charge is 2.24. The van der Waals surface area contributed by atoms with Crippen molar-refractivity contribution in [3.8, 4) is 6.07 Å². The Hall–Kier alpha value is -3.08. The molecule has 28 heavy (non-hydrogen) atoms. The van der Waals surface area contributed by atoms with Crippen molar-refractivity contribution >= 4 is 23.7 Å². The Bertz CT molecular complexity index is 752. The van der Waals surface area contributed by atoms with Gasteiger partial charge in [0, 0.05) is 5.69 Å². The molecule has 8 heteroatoms. The van der Waals surface area contributed by atoms with Crippen molar-refractivity contribution in [2.24, 2.45) is 0 Å². The van der Waals surface area contributed by atoms with E-state index in [-0.39, 0.29) is 6.42 Å². The molecule has 0 bridgehead atoms. The molecular weight excluding hydrogens is 362 g/mol. The van der Waals surface area contributed by atoms with Crippen molar-refractivity contribution in [1.82, 2.24) is 5.32 Å². The Kier molecular flexibility index (Phi) is 7.56. The lowest BCUT2D eigenvalue weighted by Gasteiger charge is -2.22. The number of hydrogen-bond donors (Lipinski definition) is 2. The fourth-order valence-electron chi connectivity index (χ4n) is 2.01. The van der Waals surface area contributed by atoms with Crippen molar-refractivity contribution in [2.75, 3.05) is 5.32 Å². The number of alkyl carbamates (subject to hydrolysis) is 1. The molecule has 0 spiro atoms. The van der Waals surface area contributed by atoms with Gasteiger partial charge in [-0.15, -0.1) is 0 Å². The molecule has 0 fully saturated rings. The van der Waals surface area contributed by atoms with Gasteiger partial charge in [-0.3, -0.25) is 4.79 Å². The zero-order valence-electron chi connectivity index (χ0n) is 17.1. The van der Waals surface area contributed by atoms with Crippen molar-refractivity contribution in [3.63, 3.8) is 0 Å². The number of hydrogen-bond acceptors (Lipinski definition) is 6. The Labute approximate surface area is 165 Å². The van der Waals surface area contributed by atoms with Gasteiger partial charge in [-0.25, -0.2) is 9.59 Å². The molecule has 0 aliphatic carbocycles. The second kappa shape index (κ2) is 9.22. The van der Waals surface area contributed by atoms with Gasteiger partial charge in [-0.1, -0.05) is 0 Å². The number of carbonyl (C=O) groups is 3. The van der Waals surface area contributed by atoms with Crippen LogP contribution in [0.1, 0.15) is 58.3 Å².